The molecule has 1 atom stereocenters. The molecule has 2 aromatic rings. The summed E-state index contributed by atoms with van der Waals surface area (Å²) in [6, 6.07) is 9.80. The highest BCUT2D eigenvalue weighted by Crippen LogP contribution is 2.53. The molecule has 3 aliphatic rings. The number of aromatic nitrogens is 2. The summed E-state index contributed by atoms with van der Waals surface area (Å²) in [7, 11) is 0. The summed E-state index contributed by atoms with van der Waals surface area (Å²) >= 11 is 0. The van der Waals surface area contributed by atoms with Gasteiger partial charge in [0, 0.05) is 19.0 Å². The lowest BCUT2D eigenvalue weighted by molar-refractivity contribution is -0.133. The van der Waals surface area contributed by atoms with Gasteiger partial charge in [0.05, 0.1) is 0 Å². The van der Waals surface area contributed by atoms with Gasteiger partial charge in [-0.2, -0.15) is 0 Å². The Balaban J connectivity index is 1.10. The Morgan fingerprint density at radius 1 is 1.17 bits per heavy atom. The van der Waals surface area contributed by atoms with Crippen LogP contribution in [0.2, 0.25) is 0 Å². The van der Waals surface area contributed by atoms with E-state index in [1.54, 1.807) is 0 Å². The van der Waals surface area contributed by atoms with Crippen LogP contribution in [0.5, 0.6) is 5.75 Å². The Labute approximate surface area is 170 Å². The van der Waals surface area contributed by atoms with E-state index in [0.717, 1.165) is 44.5 Å². The van der Waals surface area contributed by atoms with Gasteiger partial charge in [0.1, 0.15) is 17.9 Å². The number of nitrogens with zero attached hydrogens (tertiary/aromatic N) is 3. The highest BCUT2D eigenvalue weighted by atomic mass is 16.5. The van der Waals surface area contributed by atoms with Crippen LogP contribution in [0.15, 0.2) is 34.7 Å². The van der Waals surface area contributed by atoms with Crippen molar-refractivity contribution in [3.8, 4) is 5.75 Å². The number of likely N-dealkylation sites (tertiary alicyclic amines) is 1. The van der Waals surface area contributed by atoms with Crippen LogP contribution < -0.4 is 10.1 Å². The zero-order valence-electron chi connectivity index (χ0n) is 16.8. The predicted molar refractivity (Wildman–Crippen MR) is 108 cm³/mol. The highest BCUT2D eigenvalue weighted by molar-refractivity contribution is 5.83. The first-order valence-electron chi connectivity index (χ1n) is 10.7. The Bertz CT molecular complexity index is 848. The maximum atomic E-state index is 12.7. The van der Waals surface area contributed by atoms with Crippen molar-refractivity contribution in [1.82, 2.24) is 15.1 Å². The van der Waals surface area contributed by atoms with Crippen LogP contribution in [0.3, 0.4) is 0 Å². The third kappa shape index (κ3) is 3.95. The number of para-hydroxylation sites is 1. The number of piperidine rings is 1. The van der Waals surface area contributed by atoms with Crippen LogP contribution in [0, 0.1) is 5.41 Å². The van der Waals surface area contributed by atoms with Crippen molar-refractivity contribution in [1.29, 1.82) is 0 Å². The Hall–Kier alpha value is -2.57. The summed E-state index contributed by atoms with van der Waals surface area (Å²) in [5.74, 6) is 1.84. The minimum Gasteiger partial charge on any atom is -0.490 e. The molecule has 1 aliphatic heterocycles. The molecule has 2 heterocycles. The number of carbonyl (C=O) groups is 1. The number of ether oxygens (including phenoxy) is 1. The summed E-state index contributed by atoms with van der Waals surface area (Å²) in [6.45, 7) is 3.59. The van der Waals surface area contributed by atoms with E-state index in [4.69, 9.17) is 9.15 Å². The van der Waals surface area contributed by atoms with Gasteiger partial charge < -0.3 is 19.4 Å². The lowest BCUT2D eigenvalue weighted by Crippen LogP contribution is -2.45. The fourth-order valence-electron chi connectivity index (χ4n) is 4.41. The van der Waals surface area contributed by atoms with E-state index in [-0.39, 0.29) is 24.0 Å². The third-order valence-corrected chi connectivity index (χ3v) is 6.73. The molecule has 7 heteroatoms. The van der Waals surface area contributed by atoms with Crippen molar-refractivity contribution in [3.05, 3.63) is 36.2 Å². The number of nitrogens with one attached hydrogen (secondary N) is 1. The molecule has 0 radical (unpaired) electrons. The zero-order valence-corrected chi connectivity index (χ0v) is 16.8. The molecule has 29 heavy (non-hydrogen) atoms. The first-order valence-corrected chi connectivity index (χ1v) is 10.7. The van der Waals surface area contributed by atoms with Gasteiger partial charge in [0.2, 0.25) is 11.8 Å². The van der Waals surface area contributed by atoms with Crippen molar-refractivity contribution < 1.29 is 13.9 Å². The summed E-state index contributed by atoms with van der Waals surface area (Å²) in [5.41, 5.74) is 0.569. The molecule has 154 valence electrons. The van der Waals surface area contributed by atoms with Crippen LogP contribution in [0.1, 0.15) is 57.3 Å². The van der Waals surface area contributed by atoms with Crippen LogP contribution >= 0.6 is 0 Å². The largest absolute Gasteiger partial charge is 0.490 e. The Morgan fingerprint density at radius 2 is 1.90 bits per heavy atom. The van der Waals surface area contributed by atoms with Crippen molar-refractivity contribution in [2.24, 2.45) is 5.41 Å². The van der Waals surface area contributed by atoms with Crippen LogP contribution in [0.25, 0.3) is 0 Å². The molecule has 2 aliphatic carbocycles. The van der Waals surface area contributed by atoms with Gasteiger partial charge in [-0.3, -0.25) is 4.79 Å². The number of carbonyl (C=O) groups excluding carboxylic acids is 1. The minimum atomic E-state index is -0.368. The summed E-state index contributed by atoms with van der Waals surface area (Å²) in [4.78, 5) is 14.7. The number of hydrogen-bond donors (Lipinski definition) is 1. The Kier molecular flexibility index (Phi) is 4.68. The number of rotatable bonds is 6. The molecule has 0 bridgehead atoms. The van der Waals surface area contributed by atoms with Crippen LogP contribution in [0.4, 0.5) is 6.01 Å². The van der Waals surface area contributed by atoms with E-state index in [1.807, 2.05) is 42.2 Å². The molecule has 3 fully saturated rings. The smallest absolute Gasteiger partial charge is 0.316 e. The van der Waals surface area contributed by atoms with E-state index >= 15 is 0 Å². The van der Waals surface area contributed by atoms with E-state index in [0.29, 0.717) is 17.3 Å². The van der Waals surface area contributed by atoms with Crippen LogP contribution in [-0.4, -0.2) is 46.2 Å². The summed E-state index contributed by atoms with van der Waals surface area (Å²) in [5, 5.41) is 11.3. The molecule has 0 unspecified atom stereocenters. The Morgan fingerprint density at radius 3 is 2.59 bits per heavy atom. The number of amides is 1. The molecule has 7 nitrogen and oxygen atoms in total. The fraction of sp³-hybridized carbons (Fsp3) is 0.591. The lowest BCUT2D eigenvalue weighted by Gasteiger charge is -2.33. The highest BCUT2D eigenvalue weighted by Gasteiger charge is 2.45. The second kappa shape index (κ2) is 7.35. The molecular weight excluding hydrogens is 368 g/mol. The molecule has 1 saturated heterocycles. The minimum absolute atomic E-state index is 0.111. The van der Waals surface area contributed by atoms with Gasteiger partial charge in [0.25, 0.3) is 0 Å². The van der Waals surface area contributed by atoms with Gasteiger partial charge in [-0.05, 0) is 63.0 Å². The lowest BCUT2D eigenvalue weighted by atomic mass is 9.82. The van der Waals surface area contributed by atoms with E-state index < -0.39 is 0 Å². The van der Waals surface area contributed by atoms with Crippen molar-refractivity contribution in [2.45, 2.75) is 63.5 Å². The SMILES string of the molecule is C[C@@H](Nc1nnc([C@H]2C[C@H](Oc3ccccc3)C2)o1)C(=O)N1CCC2(CC1)CC2. The molecule has 2 saturated carbocycles. The molecule has 1 N–H and O–H groups in total. The molecule has 1 amide bonds. The van der Waals surface area contributed by atoms with Crippen LogP contribution in [-0.2, 0) is 4.79 Å². The topological polar surface area (TPSA) is 80.5 Å². The van der Waals surface area contributed by atoms with Crippen molar-refractivity contribution in [3.63, 3.8) is 0 Å². The van der Waals surface area contributed by atoms with Crippen molar-refractivity contribution in [2.75, 3.05) is 18.4 Å². The first-order chi connectivity index (χ1) is 14.1. The maximum Gasteiger partial charge on any atom is 0.316 e. The second-order valence-electron chi connectivity index (χ2n) is 8.86. The predicted octanol–water partition coefficient (Wildman–Crippen LogP) is 3.60. The number of hydrogen-bond acceptors (Lipinski definition) is 6. The quantitative estimate of drug-likeness (QED) is 0.804. The molecule has 1 aromatic heterocycles. The van der Waals surface area contributed by atoms with Gasteiger partial charge in [0.15, 0.2) is 0 Å². The average Bonchev–Trinajstić information content (AvgIpc) is 3.31. The molecule has 1 aromatic carbocycles. The van der Waals surface area contributed by atoms with E-state index in [1.165, 1.54) is 12.8 Å². The van der Waals surface area contributed by atoms with Gasteiger partial charge in [-0.1, -0.05) is 23.3 Å². The molecular formula is C22H28N4O3. The third-order valence-electron chi connectivity index (χ3n) is 6.73. The number of benzene rings is 1. The monoisotopic (exact) mass is 396 g/mol. The summed E-state index contributed by atoms with van der Waals surface area (Å²) in [6.07, 6.45) is 6.87. The van der Waals surface area contributed by atoms with E-state index in [9.17, 15) is 4.79 Å². The fourth-order valence-corrected chi connectivity index (χ4v) is 4.41. The summed E-state index contributed by atoms with van der Waals surface area (Å²) < 4.78 is 11.7. The van der Waals surface area contributed by atoms with Gasteiger partial charge >= 0.3 is 6.01 Å². The molecule has 5 rings (SSSR count). The molecule has 1 spiro atoms. The first kappa shape index (κ1) is 18.5. The van der Waals surface area contributed by atoms with Gasteiger partial charge in [-0.15, -0.1) is 5.10 Å². The normalized spacial score (nSPS) is 25.9. The van der Waals surface area contributed by atoms with E-state index in [2.05, 4.69) is 15.5 Å². The average molecular weight is 396 g/mol. The number of anilines is 1. The second-order valence-corrected chi connectivity index (χ2v) is 8.86. The maximum absolute atomic E-state index is 12.7. The zero-order chi connectivity index (χ0) is 19.8. The van der Waals surface area contributed by atoms with Gasteiger partial charge in [-0.25, -0.2) is 0 Å². The standard InChI is InChI=1S/C22H28N4O3/c1-15(20(27)26-11-9-22(7-8-22)10-12-26)23-21-25-24-19(29-21)16-13-18(14-16)28-17-5-3-2-4-6-17/h2-6,15-16,18H,7-14H2,1H3,(H,23,25)/t15-,16-,18-/m1/s1. The van der Waals surface area contributed by atoms with Crippen molar-refractivity contribution >= 4 is 11.9 Å².